The van der Waals surface area contributed by atoms with Gasteiger partial charge in [-0.3, -0.25) is 4.79 Å². The molecule has 0 aliphatic rings. The number of hydrogen-bond donors (Lipinski definition) is 1. The minimum atomic E-state index is -0.210. The van der Waals surface area contributed by atoms with Gasteiger partial charge in [-0.05, 0) is 28.7 Å². The molecular formula is C18H20N2O. The maximum atomic E-state index is 11.8. The highest BCUT2D eigenvalue weighted by molar-refractivity contribution is 5.94. The summed E-state index contributed by atoms with van der Waals surface area (Å²) in [5.41, 5.74) is 5.48. The molecule has 21 heavy (non-hydrogen) atoms. The van der Waals surface area contributed by atoms with Crippen molar-refractivity contribution < 1.29 is 4.79 Å². The van der Waals surface area contributed by atoms with E-state index >= 15 is 0 Å². The molecule has 0 aromatic heterocycles. The summed E-state index contributed by atoms with van der Waals surface area (Å²) in [4.78, 5) is 11.8. The average molecular weight is 280 g/mol. The number of rotatable bonds is 3. The Bertz CT molecular complexity index is 623. The van der Waals surface area contributed by atoms with Gasteiger partial charge in [0.1, 0.15) is 0 Å². The van der Waals surface area contributed by atoms with E-state index in [1.54, 1.807) is 18.3 Å². The Hall–Kier alpha value is -2.42. The Morgan fingerprint density at radius 1 is 1.00 bits per heavy atom. The summed E-state index contributed by atoms with van der Waals surface area (Å²) < 4.78 is 0. The van der Waals surface area contributed by atoms with E-state index in [4.69, 9.17) is 0 Å². The lowest BCUT2D eigenvalue weighted by atomic mass is 9.87. The molecule has 0 saturated heterocycles. The number of carbonyl (C=O) groups excluding carboxylic acids is 1. The lowest BCUT2D eigenvalue weighted by Crippen LogP contribution is -2.17. The van der Waals surface area contributed by atoms with Crippen LogP contribution in [0.3, 0.4) is 0 Å². The van der Waals surface area contributed by atoms with Crippen LogP contribution in [0.15, 0.2) is 59.7 Å². The van der Waals surface area contributed by atoms with Crippen molar-refractivity contribution in [3.8, 4) is 0 Å². The van der Waals surface area contributed by atoms with Crippen LogP contribution in [0.1, 0.15) is 42.3 Å². The van der Waals surface area contributed by atoms with E-state index in [1.165, 1.54) is 5.56 Å². The molecule has 0 radical (unpaired) electrons. The van der Waals surface area contributed by atoms with E-state index in [0.717, 1.165) is 5.56 Å². The zero-order chi connectivity index (χ0) is 15.3. The molecule has 3 nitrogen and oxygen atoms in total. The minimum Gasteiger partial charge on any atom is -0.267 e. The topological polar surface area (TPSA) is 41.5 Å². The highest BCUT2D eigenvalue weighted by Gasteiger charge is 2.12. The van der Waals surface area contributed by atoms with Gasteiger partial charge in [-0.2, -0.15) is 5.10 Å². The first kappa shape index (κ1) is 15.0. The van der Waals surface area contributed by atoms with Gasteiger partial charge in [0.25, 0.3) is 5.91 Å². The van der Waals surface area contributed by atoms with Gasteiger partial charge in [0.15, 0.2) is 0 Å². The summed E-state index contributed by atoms with van der Waals surface area (Å²) in [5.74, 6) is -0.210. The highest BCUT2D eigenvalue weighted by Crippen LogP contribution is 2.21. The first-order valence-electron chi connectivity index (χ1n) is 6.96. The number of amides is 1. The van der Waals surface area contributed by atoms with Crippen LogP contribution in [0.5, 0.6) is 0 Å². The summed E-state index contributed by atoms with van der Waals surface area (Å²) in [6.45, 7) is 6.53. The number of benzene rings is 2. The second-order valence-electron chi connectivity index (χ2n) is 5.94. The van der Waals surface area contributed by atoms with E-state index < -0.39 is 0 Å². The molecule has 2 aromatic carbocycles. The quantitative estimate of drug-likeness (QED) is 0.675. The van der Waals surface area contributed by atoms with Crippen molar-refractivity contribution in [3.63, 3.8) is 0 Å². The second-order valence-corrected chi connectivity index (χ2v) is 5.94. The molecule has 0 atom stereocenters. The van der Waals surface area contributed by atoms with Gasteiger partial charge in [0.05, 0.1) is 6.21 Å². The molecule has 1 amide bonds. The Labute approximate surface area is 125 Å². The van der Waals surface area contributed by atoms with E-state index in [0.29, 0.717) is 5.56 Å². The SMILES string of the molecule is CC(C)(C)c1ccc(/C=N\NC(=O)c2ccccc2)cc1. The van der Waals surface area contributed by atoms with Crippen molar-refractivity contribution >= 4 is 12.1 Å². The molecule has 0 aliphatic heterocycles. The van der Waals surface area contributed by atoms with Crippen LogP contribution in [0, 0.1) is 0 Å². The molecule has 2 rings (SSSR count). The summed E-state index contributed by atoms with van der Waals surface area (Å²) in [6, 6.07) is 17.2. The van der Waals surface area contributed by atoms with Crippen molar-refractivity contribution in [1.29, 1.82) is 0 Å². The van der Waals surface area contributed by atoms with Crippen molar-refractivity contribution in [3.05, 3.63) is 71.3 Å². The first-order valence-corrected chi connectivity index (χ1v) is 6.96. The van der Waals surface area contributed by atoms with Gasteiger partial charge < -0.3 is 0 Å². The number of carbonyl (C=O) groups is 1. The lowest BCUT2D eigenvalue weighted by molar-refractivity contribution is 0.0955. The molecule has 108 valence electrons. The van der Waals surface area contributed by atoms with Crippen LogP contribution in [-0.2, 0) is 5.41 Å². The molecule has 0 bridgehead atoms. The third kappa shape index (κ3) is 4.28. The smallest absolute Gasteiger partial charge is 0.267 e. The molecule has 1 N–H and O–H groups in total. The van der Waals surface area contributed by atoms with E-state index in [2.05, 4.69) is 43.4 Å². The maximum Gasteiger partial charge on any atom is 0.271 e. The van der Waals surface area contributed by atoms with Gasteiger partial charge in [-0.15, -0.1) is 0 Å². The summed E-state index contributed by atoms with van der Waals surface area (Å²) in [5, 5.41) is 3.99. The lowest BCUT2D eigenvalue weighted by Gasteiger charge is -2.18. The minimum absolute atomic E-state index is 0.136. The normalized spacial score (nSPS) is 11.6. The number of nitrogens with one attached hydrogen (secondary N) is 1. The summed E-state index contributed by atoms with van der Waals surface area (Å²) >= 11 is 0. The van der Waals surface area contributed by atoms with E-state index in [9.17, 15) is 4.79 Å². The molecule has 0 unspecified atom stereocenters. The number of hydrogen-bond acceptors (Lipinski definition) is 2. The second kappa shape index (κ2) is 6.35. The summed E-state index contributed by atoms with van der Waals surface area (Å²) in [6.07, 6.45) is 1.65. The van der Waals surface area contributed by atoms with Crippen LogP contribution in [0.25, 0.3) is 0 Å². The molecule has 0 heterocycles. The Morgan fingerprint density at radius 3 is 2.19 bits per heavy atom. The first-order chi connectivity index (χ1) is 9.97. The van der Waals surface area contributed by atoms with Crippen molar-refractivity contribution in [2.45, 2.75) is 26.2 Å². The fourth-order valence-corrected chi connectivity index (χ4v) is 1.89. The third-order valence-corrected chi connectivity index (χ3v) is 3.19. The van der Waals surface area contributed by atoms with Crippen LogP contribution in [0.2, 0.25) is 0 Å². The number of hydrazone groups is 1. The average Bonchev–Trinajstić information content (AvgIpc) is 2.47. The van der Waals surface area contributed by atoms with Gasteiger partial charge in [0.2, 0.25) is 0 Å². The van der Waals surface area contributed by atoms with Gasteiger partial charge in [-0.25, -0.2) is 5.43 Å². The van der Waals surface area contributed by atoms with E-state index in [1.807, 2.05) is 30.3 Å². The Kier molecular flexibility index (Phi) is 4.53. The fraction of sp³-hybridized carbons (Fsp3) is 0.222. The zero-order valence-corrected chi connectivity index (χ0v) is 12.6. The highest BCUT2D eigenvalue weighted by atomic mass is 16.2. The third-order valence-electron chi connectivity index (χ3n) is 3.19. The fourth-order valence-electron chi connectivity index (χ4n) is 1.89. The largest absolute Gasteiger partial charge is 0.271 e. The van der Waals surface area contributed by atoms with Crippen molar-refractivity contribution in [2.24, 2.45) is 5.10 Å². The van der Waals surface area contributed by atoms with Crippen LogP contribution >= 0.6 is 0 Å². The van der Waals surface area contributed by atoms with Crippen LogP contribution < -0.4 is 5.43 Å². The molecular weight excluding hydrogens is 260 g/mol. The maximum absolute atomic E-state index is 11.8. The van der Waals surface area contributed by atoms with E-state index in [-0.39, 0.29) is 11.3 Å². The predicted octanol–water partition coefficient (Wildman–Crippen LogP) is 3.75. The zero-order valence-electron chi connectivity index (χ0n) is 12.6. The van der Waals surface area contributed by atoms with Crippen LogP contribution in [-0.4, -0.2) is 12.1 Å². The molecule has 3 heteroatoms. The van der Waals surface area contributed by atoms with Crippen molar-refractivity contribution in [2.75, 3.05) is 0 Å². The standard InChI is InChI=1S/C18H20N2O/c1-18(2,3)16-11-9-14(10-12-16)13-19-20-17(21)15-7-5-4-6-8-15/h4-13H,1-3H3,(H,20,21)/b19-13-. The van der Waals surface area contributed by atoms with Crippen molar-refractivity contribution in [1.82, 2.24) is 5.43 Å². The molecule has 0 saturated carbocycles. The molecule has 0 spiro atoms. The summed E-state index contributed by atoms with van der Waals surface area (Å²) in [7, 11) is 0. The van der Waals surface area contributed by atoms with Crippen LogP contribution in [0.4, 0.5) is 0 Å². The van der Waals surface area contributed by atoms with Gasteiger partial charge in [-0.1, -0.05) is 63.2 Å². The Balaban J connectivity index is 1.97. The number of nitrogens with zero attached hydrogens (tertiary/aromatic N) is 1. The monoisotopic (exact) mass is 280 g/mol. The molecule has 0 fully saturated rings. The van der Waals surface area contributed by atoms with Gasteiger partial charge in [0, 0.05) is 5.56 Å². The molecule has 0 aliphatic carbocycles. The molecule has 2 aromatic rings. The predicted molar refractivity (Wildman–Crippen MR) is 86.6 cm³/mol. The van der Waals surface area contributed by atoms with Gasteiger partial charge >= 0.3 is 0 Å². The Morgan fingerprint density at radius 2 is 1.62 bits per heavy atom.